The molecule has 1 aliphatic rings. The quantitative estimate of drug-likeness (QED) is 0.489. The number of aliphatic imine (C=N–C) groups is 1. The van der Waals surface area contributed by atoms with E-state index < -0.39 is 0 Å². The van der Waals surface area contributed by atoms with Gasteiger partial charge in [-0.3, -0.25) is 4.99 Å². The topological polar surface area (TPSA) is 12.4 Å². The van der Waals surface area contributed by atoms with Crippen LogP contribution in [-0.4, -0.2) is 12.8 Å². The number of rotatable bonds is 0. The fraction of sp³-hybridized carbons (Fsp3) is 0.667. The normalized spacial score (nSPS) is 16.5. The number of hydrogen-bond donors (Lipinski definition) is 0. The molecule has 0 radical (unpaired) electrons. The summed E-state index contributed by atoms with van der Waals surface area (Å²) in [4.78, 5) is 4.11. The van der Waals surface area contributed by atoms with Gasteiger partial charge in [0.05, 0.1) is 6.54 Å². The Morgan fingerprint density at radius 3 is 2.20 bits per heavy atom. The first-order valence-electron chi connectivity index (χ1n) is 3.30. The fourth-order valence-electron chi connectivity index (χ4n) is 0.834. The molecule has 0 aromatic heterocycles. The molecule has 58 valence electrons. The molecule has 10 heavy (non-hydrogen) atoms. The second-order valence-electron chi connectivity index (χ2n) is 3.43. The second kappa shape index (κ2) is 3.00. The molecular formula is C9H17N. The molecule has 0 N–H and O–H groups in total. The van der Waals surface area contributed by atoms with Crippen molar-refractivity contribution in [2.24, 2.45) is 10.4 Å². The van der Waals surface area contributed by atoms with Gasteiger partial charge in [-0.25, -0.2) is 0 Å². The molecule has 0 aromatic rings. The van der Waals surface area contributed by atoms with Crippen LogP contribution in [0.2, 0.25) is 0 Å². The summed E-state index contributed by atoms with van der Waals surface area (Å²) in [5.74, 6) is 0. The molecule has 0 aliphatic carbocycles. The molecule has 1 heterocycles. The van der Waals surface area contributed by atoms with Gasteiger partial charge in [-0.05, 0) is 17.1 Å². The van der Waals surface area contributed by atoms with Gasteiger partial charge in [-0.1, -0.05) is 28.2 Å². The molecule has 1 aliphatic heterocycles. The van der Waals surface area contributed by atoms with Crippen LogP contribution in [0, 0.1) is 5.41 Å². The Labute approximate surface area is 63.9 Å². The second-order valence-corrected chi connectivity index (χ2v) is 3.43. The summed E-state index contributed by atoms with van der Waals surface area (Å²) in [5, 5.41) is 0. The highest BCUT2D eigenvalue weighted by molar-refractivity contribution is 5.75. The van der Waals surface area contributed by atoms with Gasteiger partial charge in [0.15, 0.2) is 0 Å². The van der Waals surface area contributed by atoms with E-state index in [4.69, 9.17) is 0 Å². The van der Waals surface area contributed by atoms with Crippen molar-refractivity contribution in [3.8, 4) is 0 Å². The number of allylic oxidation sites excluding steroid dienone is 1. The lowest BCUT2D eigenvalue weighted by Crippen LogP contribution is -2.09. The molecule has 0 fully saturated rings. The monoisotopic (exact) mass is 139 g/mol. The predicted molar refractivity (Wildman–Crippen MR) is 47.6 cm³/mol. The molecule has 0 atom stereocenters. The van der Waals surface area contributed by atoms with Gasteiger partial charge < -0.3 is 0 Å². The first-order chi connectivity index (χ1) is 4.11. The molecule has 0 aromatic carbocycles. The van der Waals surface area contributed by atoms with Crippen LogP contribution in [0.25, 0.3) is 0 Å². The summed E-state index contributed by atoms with van der Waals surface area (Å²) in [6.45, 7) is 7.55. The van der Waals surface area contributed by atoms with Crippen molar-refractivity contribution in [2.75, 3.05) is 6.54 Å². The zero-order valence-electron chi connectivity index (χ0n) is 6.31. The van der Waals surface area contributed by atoms with Crippen LogP contribution in [0.15, 0.2) is 16.6 Å². The molecule has 1 nitrogen and oxygen atoms in total. The standard InChI is InChI=1S/C8H13N.CH4/c1-8(2,3)7-4-5-9-6-7;/h4-5H,6H2,1-3H3;1H4. The lowest BCUT2D eigenvalue weighted by atomic mass is 9.87. The maximum atomic E-state index is 4.11. The van der Waals surface area contributed by atoms with E-state index in [0.29, 0.717) is 5.41 Å². The molecule has 1 rings (SSSR count). The largest absolute Gasteiger partial charge is 0.289 e. The molecular weight excluding hydrogens is 122 g/mol. The first-order valence-corrected chi connectivity index (χ1v) is 3.30. The molecule has 0 saturated carbocycles. The predicted octanol–water partition coefficient (Wildman–Crippen LogP) is 2.68. The fourth-order valence-corrected chi connectivity index (χ4v) is 0.834. The van der Waals surface area contributed by atoms with Crippen molar-refractivity contribution in [2.45, 2.75) is 28.2 Å². The average molecular weight is 139 g/mol. The highest BCUT2D eigenvalue weighted by atomic mass is 14.7. The zero-order chi connectivity index (χ0) is 6.91. The molecule has 0 unspecified atom stereocenters. The van der Waals surface area contributed by atoms with Gasteiger partial charge in [0.25, 0.3) is 0 Å². The minimum absolute atomic E-state index is 0. The van der Waals surface area contributed by atoms with Crippen molar-refractivity contribution in [3.05, 3.63) is 11.6 Å². The minimum Gasteiger partial charge on any atom is -0.289 e. The van der Waals surface area contributed by atoms with Crippen molar-refractivity contribution >= 4 is 6.21 Å². The van der Waals surface area contributed by atoms with Crippen LogP contribution in [0.4, 0.5) is 0 Å². The lowest BCUT2D eigenvalue weighted by molar-refractivity contribution is 0.499. The van der Waals surface area contributed by atoms with Crippen molar-refractivity contribution in [1.82, 2.24) is 0 Å². The molecule has 0 bridgehead atoms. The Morgan fingerprint density at radius 1 is 1.40 bits per heavy atom. The SMILES string of the molecule is C.CC(C)(C)C1=CC=NC1. The summed E-state index contributed by atoms with van der Waals surface area (Å²) in [6, 6.07) is 0. The first kappa shape index (κ1) is 9.41. The van der Waals surface area contributed by atoms with E-state index in [-0.39, 0.29) is 7.43 Å². The van der Waals surface area contributed by atoms with Crippen LogP contribution >= 0.6 is 0 Å². The molecule has 0 spiro atoms. The highest BCUT2D eigenvalue weighted by Gasteiger charge is 2.16. The molecule has 1 heteroatoms. The van der Waals surface area contributed by atoms with Gasteiger partial charge in [-0.2, -0.15) is 0 Å². The van der Waals surface area contributed by atoms with E-state index in [1.165, 1.54) is 5.57 Å². The van der Waals surface area contributed by atoms with Crippen molar-refractivity contribution in [3.63, 3.8) is 0 Å². The Balaban J connectivity index is 0.000000810. The summed E-state index contributed by atoms with van der Waals surface area (Å²) in [6.07, 6.45) is 4.00. The van der Waals surface area contributed by atoms with E-state index in [1.54, 1.807) is 0 Å². The lowest BCUT2D eigenvalue weighted by Gasteiger charge is -2.18. The maximum absolute atomic E-state index is 4.11. The summed E-state index contributed by atoms with van der Waals surface area (Å²) >= 11 is 0. The van der Waals surface area contributed by atoms with Crippen molar-refractivity contribution in [1.29, 1.82) is 0 Å². The number of hydrogen-bond acceptors (Lipinski definition) is 1. The van der Waals surface area contributed by atoms with Gasteiger partial charge >= 0.3 is 0 Å². The third-order valence-corrected chi connectivity index (χ3v) is 1.61. The highest BCUT2D eigenvalue weighted by Crippen LogP contribution is 2.26. The van der Waals surface area contributed by atoms with Gasteiger partial charge in [0.1, 0.15) is 0 Å². The van der Waals surface area contributed by atoms with Crippen LogP contribution < -0.4 is 0 Å². The number of nitrogens with zero attached hydrogens (tertiary/aromatic N) is 1. The van der Waals surface area contributed by atoms with Crippen LogP contribution in [0.1, 0.15) is 28.2 Å². The average Bonchev–Trinajstić information content (AvgIpc) is 2.08. The Bertz CT molecular complexity index is 158. The smallest absolute Gasteiger partial charge is 0.0608 e. The minimum atomic E-state index is 0. The Kier molecular flexibility index (Phi) is 2.82. The Hall–Kier alpha value is -0.590. The van der Waals surface area contributed by atoms with Gasteiger partial charge in [0.2, 0.25) is 0 Å². The third-order valence-electron chi connectivity index (χ3n) is 1.61. The maximum Gasteiger partial charge on any atom is 0.0608 e. The third kappa shape index (κ3) is 1.98. The van der Waals surface area contributed by atoms with Crippen LogP contribution in [0.3, 0.4) is 0 Å². The van der Waals surface area contributed by atoms with Crippen LogP contribution in [0.5, 0.6) is 0 Å². The molecule has 0 saturated heterocycles. The van der Waals surface area contributed by atoms with E-state index in [9.17, 15) is 0 Å². The summed E-state index contributed by atoms with van der Waals surface area (Å²) in [5.41, 5.74) is 1.75. The zero-order valence-corrected chi connectivity index (χ0v) is 6.31. The molecule has 0 amide bonds. The Morgan fingerprint density at radius 2 is 2.00 bits per heavy atom. The van der Waals surface area contributed by atoms with E-state index in [1.807, 2.05) is 6.21 Å². The summed E-state index contributed by atoms with van der Waals surface area (Å²) < 4.78 is 0. The summed E-state index contributed by atoms with van der Waals surface area (Å²) in [7, 11) is 0. The van der Waals surface area contributed by atoms with Crippen LogP contribution in [-0.2, 0) is 0 Å². The van der Waals surface area contributed by atoms with Crippen molar-refractivity contribution < 1.29 is 0 Å². The van der Waals surface area contributed by atoms with Gasteiger partial charge in [0, 0.05) is 6.21 Å². The van der Waals surface area contributed by atoms with E-state index in [0.717, 1.165) is 6.54 Å². The van der Waals surface area contributed by atoms with E-state index in [2.05, 4.69) is 31.8 Å². The van der Waals surface area contributed by atoms with Gasteiger partial charge in [-0.15, -0.1) is 0 Å². The van der Waals surface area contributed by atoms with E-state index >= 15 is 0 Å².